The van der Waals surface area contributed by atoms with Crippen molar-refractivity contribution < 1.29 is 22.0 Å². The van der Waals surface area contributed by atoms with Crippen molar-refractivity contribution in [2.75, 3.05) is 11.1 Å². The van der Waals surface area contributed by atoms with Crippen molar-refractivity contribution in [2.24, 2.45) is 10.7 Å². The number of rotatable bonds is 3. The van der Waals surface area contributed by atoms with Gasteiger partial charge in [-0.1, -0.05) is 6.07 Å². The summed E-state index contributed by atoms with van der Waals surface area (Å²) >= 11 is 0. The molecule has 1 aliphatic heterocycles. The van der Waals surface area contributed by atoms with E-state index in [0.717, 1.165) is 24.6 Å². The maximum absolute atomic E-state index is 13.0. The molecule has 0 radical (unpaired) electrons. The molecule has 0 bridgehead atoms. The number of alkyl halides is 2. The molecule has 8 nitrogen and oxygen atoms in total. The number of nitrogens with two attached hydrogens (primary N) is 1. The minimum absolute atomic E-state index is 0.0681. The lowest BCUT2D eigenvalue weighted by atomic mass is 9.77. The number of carbonyl (C=O) groups is 1. The predicted octanol–water partition coefficient (Wildman–Crippen LogP) is 2.63. The van der Waals surface area contributed by atoms with Crippen molar-refractivity contribution in [1.82, 2.24) is 9.78 Å². The zero-order valence-corrected chi connectivity index (χ0v) is 17.9. The van der Waals surface area contributed by atoms with Gasteiger partial charge in [-0.25, -0.2) is 13.1 Å². The van der Waals surface area contributed by atoms with E-state index >= 15 is 0 Å². The van der Waals surface area contributed by atoms with Gasteiger partial charge < -0.3 is 11.1 Å². The van der Waals surface area contributed by atoms with Crippen LogP contribution in [0.1, 0.15) is 54.9 Å². The predicted molar refractivity (Wildman–Crippen MR) is 112 cm³/mol. The minimum atomic E-state index is -3.57. The number of hydrogen-bond donors (Lipinski definition) is 2. The van der Waals surface area contributed by atoms with E-state index in [4.69, 9.17) is 5.73 Å². The lowest BCUT2D eigenvalue weighted by Gasteiger charge is -2.43. The normalized spacial score (nSPS) is 24.0. The molecule has 0 fully saturated rings. The molecule has 2 aromatic rings. The van der Waals surface area contributed by atoms with Crippen LogP contribution in [0.15, 0.2) is 35.5 Å². The summed E-state index contributed by atoms with van der Waals surface area (Å²) in [6, 6.07) is 6.40. The highest BCUT2D eigenvalue weighted by atomic mass is 32.2. The molecule has 11 heteroatoms. The number of anilines is 1. The number of aromatic nitrogens is 2. The van der Waals surface area contributed by atoms with Crippen LogP contribution in [-0.4, -0.2) is 40.4 Å². The molecule has 1 amide bonds. The van der Waals surface area contributed by atoms with Crippen LogP contribution in [-0.2, 0) is 21.8 Å². The zero-order chi connectivity index (χ0) is 22.6. The largest absolute Gasteiger partial charge is 0.386 e. The number of benzene rings is 1. The second-order valence-corrected chi connectivity index (χ2v) is 11.0. The molecule has 31 heavy (non-hydrogen) atoms. The second kappa shape index (κ2) is 7.11. The van der Waals surface area contributed by atoms with E-state index in [1.165, 1.54) is 6.07 Å². The van der Waals surface area contributed by atoms with Crippen LogP contribution in [0, 0.1) is 0 Å². The van der Waals surface area contributed by atoms with Crippen LogP contribution in [0.25, 0.3) is 0 Å². The fourth-order valence-electron chi connectivity index (χ4n) is 4.09. The second-order valence-electron chi connectivity index (χ2n) is 8.44. The van der Waals surface area contributed by atoms with Crippen LogP contribution >= 0.6 is 0 Å². The van der Waals surface area contributed by atoms with Crippen LogP contribution in [0.4, 0.5) is 14.5 Å². The van der Waals surface area contributed by atoms with Gasteiger partial charge in [0.15, 0.2) is 15.5 Å². The molecule has 1 spiro atoms. The van der Waals surface area contributed by atoms with Gasteiger partial charge in [0.05, 0.1) is 5.75 Å². The molecule has 1 atom stereocenters. The number of nitrogens with one attached hydrogen (secondary N) is 1. The average molecular weight is 451 g/mol. The number of amidine groups is 1. The Balaban J connectivity index is 1.70. The van der Waals surface area contributed by atoms with Crippen LogP contribution in [0.5, 0.6) is 0 Å². The number of aryl methyl sites for hydroxylation is 1. The molecule has 3 N–H and O–H groups in total. The summed E-state index contributed by atoms with van der Waals surface area (Å²) in [5.74, 6) is -0.750. The number of halogens is 2. The van der Waals surface area contributed by atoms with Gasteiger partial charge in [0.25, 0.3) is 5.91 Å². The molecule has 1 aliphatic carbocycles. The summed E-state index contributed by atoms with van der Waals surface area (Å²) < 4.78 is 50.6. The smallest absolute Gasteiger partial charge is 0.333 e. The Morgan fingerprint density at radius 3 is 2.68 bits per heavy atom. The molecule has 0 saturated carbocycles. The Bertz CT molecular complexity index is 1190. The molecule has 166 valence electrons. The molecule has 2 aliphatic rings. The van der Waals surface area contributed by atoms with Crippen molar-refractivity contribution in [3.8, 4) is 0 Å². The van der Waals surface area contributed by atoms with E-state index < -0.39 is 32.6 Å². The monoisotopic (exact) mass is 451 g/mol. The average Bonchev–Trinajstić information content (AvgIpc) is 3.18. The molecule has 1 unspecified atom stereocenters. The number of sulfone groups is 1. The lowest BCUT2D eigenvalue weighted by Crippen LogP contribution is -2.56. The first-order valence-corrected chi connectivity index (χ1v) is 11.5. The standard InChI is InChI=1S/C20H23F2N5O3S/c1-19(2)17(23)25-20(11-31(19,29)30)8-3-4-12-5-6-13(10-14(12)20)24-16(28)15-7-9-27(26-15)18(21)22/h5-7,9-10,18H,3-4,8,11H2,1-2H3,(H2,23,25)(H,24,28). The zero-order valence-electron chi connectivity index (χ0n) is 17.1. The summed E-state index contributed by atoms with van der Waals surface area (Å²) in [6.07, 6.45) is 3.05. The van der Waals surface area contributed by atoms with Gasteiger partial charge in [-0.15, -0.1) is 0 Å². The Morgan fingerprint density at radius 1 is 1.29 bits per heavy atom. The van der Waals surface area contributed by atoms with E-state index in [0.29, 0.717) is 22.4 Å². The maximum atomic E-state index is 13.0. The van der Waals surface area contributed by atoms with E-state index in [9.17, 15) is 22.0 Å². The quantitative estimate of drug-likeness (QED) is 0.744. The topological polar surface area (TPSA) is 119 Å². The Kier molecular flexibility index (Phi) is 4.91. The van der Waals surface area contributed by atoms with E-state index in [1.807, 2.05) is 6.07 Å². The summed E-state index contributed by atoms with van der Waals surface area (Å²) in [5, 5.41) is 6.20. The number of hydrogen-bond acceptors (Lipinski definition) is 6. The number of aliphatic imine (C=N–C) groups is 1. The number of nitrogens with zero attached hydrogens (tertiary/aromatic N) is 3. The highest BCUT2D eigenvalue weighted by Gasteiger charge is 2.51. The summed E-state index contributed by atoms with van der Waals surface area (Å²) in [6.45, 7) is 0.255. The van der Waals surface area contributed by atoms with Gasteiger partial charge in [-0.3, -0.25) is 9.79 Å². The van der Waals surface area contributed by atoms with E-state index in [-0.39, 0.29) is 17.3 Å². The van der Waals surface area contributed by atoms with Gasteiger partial charge in [0.1, 0.15) is 16.1 Å². The maximum Gasteiger partial charge on any atom is 0.333 e. The molecule has 1 aromatic heterocycles. The fraction of sp³-hybridized carbons (Fsp3) is 0.450. The highest BCUT2D eigenvalue weighted by Crippen LogP contribution is 2.45. The molecule has 1 aromatic carbocycles. The molecule has 2 heterocycles. The van der Waals surface area contributed by atoms with Gasteiger partial charge >= 0.3 is 6.55 Å². The summed E-state index contributed by atoms with van der Waals surface area (Å²) in [5.41, 5.74) is 6.98. The van der Waals surface area contributed by atoms with Crippen molar-refractivity contribution in [2.45, 2.75) is 49.9 Å². The van der Waals surface area contributed by atoms with Crippen LogP contribution in [0.3, 0.4) is 0 Å². The molecule has 0 saturated heterocycles. The summed E-state index contributed by atoms with van der Waals surface area (Å²) in [4.78, 5) is 17.1. The first-order chi connectivity index (χ1) is 14.4. The highest BCUT2D eigenvalue weighted by molar-refractivity contribution is 7.93. The SMILES string of the molecule is CC1(C)C(N)=NC2(CCCc3ccc(NC(=O)c4ccn(C(F)F)n4)cc32)CS1(=O)=O. The van der Waals surface area contributed by atoms with Gasteiger partial charge in [-0.2, -0.15) is 13.9 Å². The van der Waals surface area contributed by atoms with Crippen LogP contribution < -0.4 is 11.1 Å². The first-order valence-electron chi connectivity index (χ1n) is 9.81. The molecule has 4 rings (SSSR count). The minimum Gasteiger partial charge on any atom is -0.386 e. The first kappa shape index (κ1) is 21.4. The van der Waals surface area contributed by atoms with Crippen molar-refractivity contribution >= 4 is 27.3 Å². The van der Waals surface area contributed by atoms with Gasteiger partial charge in [0.2, 0.25) is 0 Å². The van der Waals surface area contributed by atoms with Crippen LogP contribution in [0.2, 0.25) is 0 Å². The van der Waals surface area contributed by atoms with Gasteiger partial charge in [0, 0.05) is 11.9 Å². The lowest BCUT2D eigenvalue weighted by molar-refractivity contribution is 0.0561. The number of amides is 1. The Morgan fingerprint density at radius 2 is 2.03 bits per heavy atom. The third kappa shape index (κ3) is 3.50. The Hall–Kier alpha value is -2.82. The number of carbonyl (C=O) groups excluding carboxylic acids is 1. The van der Waals surface area contributed by atoms with E-state index in [1.54, 1.807) is 26.0 Å². The van der Waals surface area contributed by atoms with Crippen molar-refractivity contribution in [3.05, 3.63) is 47.3 Å². The third-order valence-corrected chi connectivity index (χ3v) is 8.73. The third-order valence-electron chi connectivity index (χ3n) is 6.10. The summed E-state index contributed by atoms with van der Waals surface area (Å²) in [7, 11) is -3.57. The van der Waals surface area contributed by atoms with Gasteiger partial charge in [-0.05, 0) is 62.4 Å². The fourth-order valence-corrected chi connectivity index (χ4v) is 5.81. The number of fused-ring (bicyclic) bond motifs is 2. The van der Waals surface area contributed by atoms with Crippen molar-refractivity contribution in [3.63, 3.8) is 0 Å². The molecular formula is C20H23F2N5O3S. The van der Waals surface area contributed by atoms with Crippen molar-refractivity contribution in [1.29, 1.82) is 0 Å². The Labute approximate surface area is 178 Å². The van der Waals surface area contributed by atoms with E-state index in [2.05, 4.69) is 15.4 Å². The molecular weight excluding hydrogens is 428 g/mol.